The van der Waals surface area contributed by atoms with E-state index in [2.05, 4.69) is 23.4 Å². The lowest BCUT2D eigenvalue weighted by Crippen LogP contribution is -2.02. The molecule has 0 atom stereocenters. The number of phenols is 1. The van der Waals surface area contributed by atoms with Crippen molar-refractivity contribution in [3.8, 4) is 5.75 Å². The van der Waals surface area contributed by atoms with E-state index in [1.54, 1.807) is 12.1 Å². The van der Waals surface area contributed by atoms with E-state index in [9.17, 15) is 5.11 Å². The van der Waals surface area contributed by atoms with Gasteiger partial charge in [-0.25, -0.2) is 9.67 Å². The number of para-hydroxylation sites is 1. The number of hydrogen-bond donors (Lipinski definition) is 2. The van der Waals surface area contributed by atoms with Gasteiger partial charge in [-0.2, -0.15) is 5.10 Å². The van der Waals surface area contributed by atoms with E-state index in [0.717, 1.165) is 39.7 Å². The monoisotopic (exact) mass is 318 g/mol. The average Bonchev–Trinajstić information content (AvgIpc) is 3.02. The summed E-state index contributed by atoms with van der Waals surface area (Å²) in [6, 6.07) is 15.3. The molecule has 0 fully saturated rings. The van der Waals surface area contributed by atoms with Crippen LogP contribution >= 0.6 is 0 Å². The fraction of sp³-hybridized carbons (Fsp3) is 0.158. The van der Waals surface area contributed by atoms with Crippen LogP contribution in [0.2, 0.25) is 0 Å². The van der Waals surface area contributed by atoms with Crippen molar-refractivity contribution >= 4 is 27.6 Å². The fourth-order valence-corrected chi connectivity index (χ4v) is 2.94. The number of benzene rings is 2. The van der Waals surface area contributed by atoms with Crippen LogP contribution in [0.3, 0.4) is 0 Å². The minimum atomic E-state index is 0.278. The minimum Gasteiger partial charge on any atom is -0.508 e. The van der Waals surface area contributed by atoms with Gasteiger partial charge in [-0.15, -0.1) is 0 Å². The number of aromatic nitrogens is 3. The molecule has 2 N–H and O–H groups in total. The molecule has 5 heteroatoms. The summed E-state index contributed by atoms with van der Waals surface area (Å²) in [6.07, 6.45) is 1.87. The number of aromatic hydroxyl groups is 1. The molecule has 0 unspecified atom stereocenters. The molecule has 2 aromatic carbocycles. The Morgan fingerprint density at radius 1 is 1.04 bits per heavy atom. The number of hydrogen-bond acceptors (Lipinski definition) is 4. The van der Waals surface area contributed by atoms with Gasteiger partial charge in [0.05, 0.1) is 22.8 Å². The van der Waals surface area contributed by atoms with Gasteiger partial charge in [-0.3, -0.25) is 0 Å². The summed E-state index contributed by atoms with van der Waals surface area (Å²) in [7, 11) is 0. The van der Waals surface area contributed by atoms with Gasteiger partial charge in [-0.1, -0.05) is 30.3 Å². The van der Waals surface area contributed by atoms with Crippen LogP contribution in [0.15, 0.2) is 54.7 Å². The van der Waals surface area contributed by atoms with Gasteiger partial charge in [0.2, 0.25) is 0 Å². The molecule has 24 heavy (non-hydrogen) atoms. The second kappa shape index (κ2) is 5.85. The summed E-state index contributed by atoms with van der Waals surface area (Å²) in [5.41, 5.74) is 3.99. The van der Waals surface area contributed by atoms with Gasteiger partial charge in [0, 0.05) is 18.5 Å². The molecule has 0 aliphatic heterocycles. The van der Waals surface area contributed by atoms with E-state index in [4.69, 9.17) is 4.98 Å². The largest absolute Gasteiger partial charge is 0.508 e. The summed E-state index contributed by atoms with van der Waals surface area (Å²) < 4.78 is 1.91. The normalized spacial score (nSPS) is 11.2. The molecule has 2 aromatic heterocycles. The predicted molar refractivity (Wildman–Crippen MR) is 96.1 cm³/mol. The molecule has 0 radical (unpaired) electrons. The lowest BCUT2D eigenvalue weighted by atomic mass is 10.1. The van der Waals surface area contributed by atoms with Gasteiger partial charge >= 0.3 is 0 Å². The van der Waals surface area contributed by atoms with E-state index in [1.807, 2.05) is 41.2 Å². The molecule has 5 nitrogen and oxygen atoms in total. The topological polar surface area (TPSA) is 63.0 Å². The number of phenolic OH excluding ortho intramolecular Hbond substituents is 1. The smallest absolute Gasteiger partial charge is 0.160 e. The second-order valence-electron chi connectivity index (χ2n) is 5.72. The van der Waals surface area contributed by atoms with Crippen molar-refractivity contribution in [1.82, 2.24) is 14.8 Å². The molecule has 0 spiro atoms. The Hall–Kier alpha value is -3.08. The number of fused-ring (bicyclic) bond motifs is 2. The standard InChI is InChI=1S/C19H18N4O/c1-2-23-19-16(12-21-23)18(15-5-3-4-6-17(15)22-19)20-11-13-7-9-14(24)10-8-13/h3-10,12,24H,2,11H2,1H3,(H,20,22). The zero-order valence-corrected chi connectivity index (χ0v) is 13.4. The van der Waals surface area contributed by atoms with Crippen LogP contribution in [0, 0.1) is 0 Å². The molecule has 2 heterocycles. The lowest BCUT2D eigenvalue weighted by Gasteiger charge is -2.12. The summed E-state index contributed by atoms with van der Waals surface area (Å²) >= 11 is 0. The number of nitrogens with one attached hydrogen (secondary N) is 1. The molecular weight excluding hydrogens is 300 g/mol. The van der Waals surface area contributed by atoms with Gasteiger partial charge < -0.3 is 10.4 Å². The van der Waals surface area contributed by atoms with Crippen molar-refractivity contribution in [3.05, 3.63) is 60.3 Å². The first-order valence-corrected chi connectivity index (χ1v) is 8.02. The Bertz CT molecular complexity index is 1010. The van der Waals surface area contributed by atoms with Crippen molar-refractivity contribution in [2.24, 2.45) is 0 Å². The quantitative estimate of drug-likeness (QED) is 0.598. The van der Waals surface area contributed by atoms with Gasteiger partial charge in [-0.05, 0) is 30.7 Å². The number of anilines is 1. The molecule has 0 saturated heterocycles. The van der Waals surface area contributed by atoms with E-state index >= 15 is 0 Å². The third-order valence-electron chi connectivity index (χ3n) is 4.19. The Morgan fingerprint density at radius 2 is 1.83 bits per heavy atom. The number of aryl methyl sites for hydroxylation is 1. The summed E-state index contributed by atoms with van der Waals surface area (Å²) in [5.74, 6) is 0.278. The van der Waals surface area contributed by atoms with Crippen molar-refractivity contribution < 1.29 is 5.11 Å². The number of pyridine rings is 1. The molecule has 0 aliphatic carbocycles. The lowest BCUT2D eigenvalue weighted by molar-refractivity contribution is 0.475. The molecule has 0 saturated carbocycles. The van der Waals surface area contributed by atoms with E-state index in [-0.39, 0.29) is 5.75 Å². The average molecular weight is 318 g/mol. The first kappa shape index (κ1) is 14.5. The maximum absolute atomic E-state index is 9.41. The predicted octanol–water partition coefficient (Wildman–Crippen LogP) is 3.92. The maximum Gasteiger partial charge on any atom is 0.160 e. The second-order valence-corrected chi connectivity index (χ2v) is 5.72. The Kier molecular flexibility index (Phi) is 3.54. The highest BCUT2D eigenvalue weighted by Gasteiger charge is 2.12. The highest BCUT2D eigenvalue weighted by molar-refractivity contribution is 6.06. The number of nitrogens with zero attached hydrogens (tertiary/aromatic N) is 3. The van der Waals surface area contributed by atoms with Crippen molar-refractivity contribution in [3.63, 3.8) is 0 Å². The summed E-state index contributed by atoms with van der Waals surface area (Å²) in [4.78, 5) is 4.76. The van der Waals surface area contributed by atoms with Crippen LogP contribution in [0.5, 0.6) is 5.75 Å². The summed E-state index contributed by atoms with van der Waals surface area (Å²) in [5, 5.41) is 19.5. The molecular formula is C19H18N4O. The minimum absolute atomic E-state index is 0.278. The molecule has 0 bridgehead atoms. The Labute approximate surface area is 139 Å². The maximum atomic E-state index is 9.41. The SMILES string of the molecule is CCn1ncc2c(NCc3ccc(O)cc3)c3ccccc3nc21. The van der Waals surface area contributed by atoms with Crippen LogP contribution in [-0.2, 0) is 13.1 Å². The van der Waals surface area contributed by atoms with Gasteiger partial charge in [0.15, 0.2) is 5.65 Å². The zero-order valence-electron chi connectivity index (χ0n) is 13.4. The van der Waals surface area contributed by atoms with Gasteiger partial charge in [0.1, 0.15) is 5.75 Å². The number of rotatable bonds is 4. The van der Waals surface area contributed by atoms with E-state index < -0.39 is 0 Å². The van der Waals surface area contributed by atoms with Crippen LogP contribution in [0.25, 0.3) is 21.9 Å². The first-order chi connectivity index (χ1) is 11.8. The third kappa shape index (κ3) is 2.44. The fourth-order valence-electron chi connectivity index (χ4n) is 2.94. The zero-order chi connectivity index (χ0) is 16.5. The van der Waals surface area contributed by atoms with Crippen molar-refractivity contribution in [1.29, 1.82) is 0 Å². The summed E-state index contributed by atoms with van der Waals surface area (Å²) in [6.45, 7) is 3.51. The Morgan fingerprint density at radius 3 is 2.62 bits per heavy atom. The first-order valence-electron chi connectivity index (χ1n) is 8.02. The van der Waals surface area contributed by atoms with Crippen molar-refractivity contribution in [2.45, 2.75) is 20.0 Å². The molecule has 0 amide bonds. The Balaban J connectivity index is 1.81. The van der Waals surface area contributed by atoms with E-state index in [0.29, 0.717) is 6.54 Å². The highest BCUT2D eigenvalue weighted by atomic mass is 16.3. The van der Waals surface area contributed by atoms with Crippen LogP contribution < -0.4 is 5.32 Å². The molecule has 4 rings (SSSR count). The van der Waals surface area contributed by atoms with Crippen LogP contribution in [0.1, 0.15) is 12.5 Å². The van der Waals surface area contributed by atoms with Gasteiger partial charge in [0.25, 0.3) is 0 Å². The molecule has 0 aliphatic rings. The van der Waals surface area contributed by atoms with Crippen molar-refractivity contribution in [2.75, 3.05) is 5.32 Å². The molecule has 4 aromatic rings. The van der Waals surface area contributed by atoms with E-state index in [1.165, 1.54) is 0 Å². The van der Waals surface area contributed by atoms with Crippen LogP contribution in [0.4, 0.5) is 5.69 Å². The highest BCUT2D eigenvalue weighted by Crippen LogP contribution is 2.31. The molecule has 120 valence electrons. The van der Waals surface area contributed by atoms with Crippen LogP contribution in [-0.4, -0.2) is 19.9 Å². The third-order valence-corrected chi connectivity index (χ3v) is 4.19.